The van der Waals surface area contributed by atoms with Crippen molar-refractivity contribution in [2.24, 2.45) is 10.7 Å². The number of ether oxygens (including phenoxy) is 1. The fraction of sp³-hybridized carbons (Fsp3) is 0.444. The van der Waals surface area contributed by atoms with E-state index in [4.69, 9.17) is 10.5 Å². The summed E-state index contributed by atoms with van der Waals surface area (Å²) in [5.41, 5.74) is 7.87. The minimum atomic E-state index is 0.472. The van der Waals surface area contributed by atoms with Crippen LogP contribution in [0, 0.1) is 0 Å². The summed E-state index contributed by atoms with van der Waals surface area (Å²) >= 11 is 0. The number of nitrogens with one attached hydrogen (secondary N) is 1. The smallest absolute Gasteiger partial charge is 0.189 e. The molecule has 128 valence electrons. The van der Waals surface area contributed by atoms with Gasteiger partial charge in [0.1, 0.15) is 5.75 Å². The standard InChI is InChI=1S/C18H25N5O/c1-24-17-9-7-16(8-10-17)23-12-11-15(22-23)13-20-18(19)21-14-5-3-2-4-6-14/h7-12,14H,2-6,13H2,1H3,(H3,19,20,21). The highest BCUT2D eigenvalue weighted by Crippen LogP contribution is 2.17. The van der Waals surface area contributed by atoms with Crippen LogP contribution in [0.25, 0.3) is 5.69 Å². The van der Waals surface area contributed by atoms with Crippen molar-refractivity contribution in [1.29, 1.82) is 0 Å². The van der Waals surface area contributed by atoms with Gasteiger partial charge in [-0.25, -0.2) is 9.67 Å². The Hall–Kier alpha value is -2.50. The largest absolute Gasteiger partial charge is 0.497 e. The van der Waals surface area contributed by atoms with E-state index >= 15 is 0 Å². The summed E-state index contributed by atoms with van der Waals surface area (Å²) in [5.74, 6) is 1.35. The highest BCUT2D eigenvalue weighted by molar-refractivity contribution is 5.78. The number of aliphatic imine (C=N–C) groups is 1. The van der Waals surface area contributed by atoms with E-state index < -0.39 is 0 Å². The fourth-order valence-electron chi connectivity index (χ4n) is 2.99. The number of nitrogens with zero attached hydrogens (tertiary/aromatic N) is 3. The van der Waals surface area contributed by atoms with E-state index in [9.17, 15) is 0 Å². The molecule has 1 aromatic carbocycles. The second-order valence-corrected chi connectivity index (χ2v) is 6.13. The molecule has 0 unspecified atom stereocenters. The molecule has 3 N–H and O–H groups in total. The topological polar surface area (TPSA) is 77.5 Å². The molecule has 0 saturated heterocycles. The summed E-state index contributed by atoms with van der Waals surface area (Å²) in [6, 6.07) is 10.2. The summed E-state index contributed by atoms with van der Waals surface area (Å²) in [4.78, 5) is 4.41. The van der Waals surface area contributed by atoms with Gasteiger partial charge in [0.25, 0.3) is 0 Å². The number of hydrogen-bond donors (Lipinski definition) is 2. The van der Waals surface area contributed by atoms with Crippen molar-refractivity contribution >= 4 is 5.96 Å². The first kappa shape index (κ1) is 16.4. The van der Waals surface area contributed by atoms with Gasteiger partial charge < -0.3 is 15.8 Å². The van der Waals surface area contributed by atoms with Gasteiger partial charge in [-0.15, -0.1) is 0 Å². The van der Waals surface area contributed by atoms with E-state index in [1.54, 1.807) is 7.11 Å². The van der Waals surface area contributed by atoms with Crippen molar-refractivity contribution in [3.63, 3.8) is 0 Å². The SMILES string of the molecule is COc1ccc(-n2ccc(CN=C(N)NC3CCCCC3)n2)cc1. The van der Waals surface area contributed by atoms with Crippen LogP contribution in [0.2, 0.25) is 0 Å². The van der Waals surface area contributed by atoms with Crippen molar-refractivity contribution in [2.45, 2.75) is 44.7 Å². The molecule has 1 aliphatic carbocycles. The molecule has 1 aliphatic rings. The van der Waals surface area contributed by atoms with E-state index in [1.165, 1.54) is 32.1 Å². The molecular weight excluding hydrogens is 302 g/mol. The van der Waals surface area contributed by atoms with Crippen LogP contribution >= 0.6 is 0 Å². The molecule has 6 nitrogen and oxygen atoms in total. The average Bonchev–Trinajstić information content (AvgIpc) is 3.10. The average molecular weight is 327 g/mol. The second kappa shape index (κ2) is 7.86. The maximum Gasteiger partial charge on any atom is 0.189 e. The molecule has 0 bridgehead atoms. The van der Waals surface area contributed by atoms with Gasteiger partial charge in [-0.2, -0.15) is 5.10 Å². The van der Waals surface area contributed by atoms with Gasteiger partial charge in [-0.1, -0.05) is 19.3 Å². The first-order valence-electron chi connectivity index (χ1n) is 8.50. The molecule has 0 spiro atoms. The molecule has 0 amide bonds. The predicted molar refractivity (Wildman–Crippen MR) is 95.5 cm³/mol. The Labute approximate surface area is 142 Å². The summed E-state index contributed by atoms with van der Waals surface area (Å²) in [6.07, 6.45) is 8.18. The van der Waals surface area contributed by atoms with Gasteiger partial charge in [0.15, 0.2) is 5.96 Å². The molecule has 0 aliphatic heterocycles. The monoisotopic (exact) mass is 327 g/mol. The molecule has 1 fully saturated rings. The fourth-order valence-corrected chi connectivity index (χ4v) is 2.99. The summed E-state index contributed by atoms with van der Waals surface area (Å²) in [6.45, 7) is 0.481. The van der Waals surface area contributed by atoms with E-state index in [0.29, 0.717) is 18.5 Å². The quantitative estimate of drug-likeness (QED) is 0.654. The first-order chi connectivity index (χ1) is 11.7. The molecule has 0 radical (unpaired) electrons. The van der Waals surface area contributed by atoms with E-state index in [0.717, 1.165) is 17.1 Å². The summed E-state index contributed by atoms with van der Waals surface area (Å²) in [7, 11) is 1.66. The molecule has 2 aromatic rings. The van der Waals surface area contributed by atoms with Gasteiger partial charge in [0.2, 0.25) is 0 Å². The van der Waals surface area contributed by atoms with Crippen LogP contribution in [0.5, 0.6) is 5.75 Å². The minimum absolute atomic E-state index is 0.472. The zero-order valence-corrected chi connectivity index (χ0v) is 14.1. The third-order valence-electron chi connectivity index (χ3n) is 4.35. The molecule has 24 heavy (non-hydrogen) atoms. The minimum Gasteiger partial charge on any atom is -0.497 e. The lowest BCUT2D eigenvalue weighted by atomic mass is 9.96. The first-order valence-corrected chi connectivity index (χ1v) is 8.50. The third-order valence-corrected chi connectivity index (χ3v) is 4.35. The van der Waals surface area contributed by atoms with Crippen LogP contribution in [0.15, 0.2) is 41.5 Å². The van der Waals surface area contributed by atoms with Crippen molar-refractivity contribution in [3.05, 3.63) is 42.2 Å². The lowest BCUT2D eigenvalue weighted by Crippen LogP contribution is -2.41. The van der Waals surface area contributed by atoms with E-state index in [2.05, 4.69) is 15.4 Å². The van der Waals surface area contributed by atoms with Gasteiger partial charge >= 0.3 is 0 Å². The van der Waals surface area contributed by atoms with Crippen molar-refractivity contribution in [1.82, 2.24) is 15.1 Å². The van der Waals surface area contributed by atoms with Crippen LogP contribution in [-0.2, 0) is 6.54 Å². The Morgan fingerprint density at radius 3 is 2.71 bits per heavy atom. The second-order valence-electron chi connectivity index (χ2n) is 6.13. The van der Waals surface area contributed by atoms with Crippen LogP contribution < -0.4 is 15.8 Å². The van der Waals surface area contributed by atoms with Gasteiger partial charge in [-0.05, 0) is 43.2 Å². The zero-order valence-electron chi connectivity index (χ0n) is 14.1. The summed E-state index contributed by atoms with van der Waals surface area (Å²) < 4.78 is 7.00. The van der Waals surface area contributed by atoms with E-state index in [-0.39, 0.29) is 0 Å². The lowest BCUT2D eigenvalue weighted by Gasteiger charge is -2.23. The third kappa shape index (κ3) is 4.28. The number of hydrogen-bond acceptors (Lipinski definition) is 3. The number of guanidine groups is 1. The van der Waals surface area contributed by atoms with Gasteiger partial charge in [0.05, 0.1) is 25.0 Å². The van der Waals surface area contributed by atoms with Crippen LogP contribution in [0.3, 0.4) is 0 Å². The number of methoxy groups -OCH3 is 1. The Kier molecular flexibility index (Phi) is 5.36. The van der Waals surface area contributed by atoms with Gasteiger partial charge in [-0.3, -0.25) is 0 Å². The molecular formula is C18H25N5O. The Morgan fingerprint density at radius 2 is 2.00 bits per heavy atom. The van der Waals surface area contributed by atoms with E-state index in [1.807, 2.05) is 41.2 Å². The normalized spacial score (nSPS) is 16.1. The maximum absolute atomic E-state index is 5.99. The highest BCUT2D eigenvalue weighted by Gasteiger charge is 2.13. The molecule has 1 aromatic heterocycles. The zero-order chi connectivity index (χ0) is 16.8. The Morgan fingerprint density at radius 1 is 1.25 bits per heavy atom. The predicted octanol–water partition coefficient (Wildman–Crippen LogP) is 2.62. The Balaban J connectivity index is 1.57. The van der Waals surface area contributed by atoms with Crippen LogP contribution in [0.1, 0.15) is 37.8 Å². The van der Waals surface area contributed by atoms with Crippen molar-refractivity contribution in [2.75, 3.05) is 7.11 Å². The van der Waals surface area contributed by atoms with Gasteiger partial charge in [0, 0.05) is 12.2 Å². The molecule has 3 rings (SSSR count). The number of aromatic nitrogens is 2. The Bertz CT molecular complexity index is 671. The lowest BCUT2D eigenvalue weighted by molar-refractivity contribution is 0.412. The number of rotatable bonds is 5. The molecule has 6 heteroatoms. The molecule has 1 saturated carbocycles. The van der Waals surface area contributed by atoms with Crippen LogP contribution in [-0.4, -0.2) is 28.9 Å². The van der Waals surface area contributed by atoms with Crippen molar-refractivity contribution in [3.8, 4) is 11.4 Å². The highest BCUT2D eigenvalue weighted by atomic mass is 16.5. The number of benzene rings is 1. The van der Waals surface area contributed by atoms with Crippen molar-refractivity contribution < 1.29 is 4.74 Å². The number of nitrogens with two attached hydrogens (primary N) is 1. The summed E-state index contributed by atoms with van der Waals surface area (Å²) in [5, 5.41) is 7.86. The maximum atomic E-state index is 5.99. The molecule has 0 atom stereocenters. The molecule has 1 heterocycles. The van der Waals surface area contributed by atoms with Crippen LogP contribution in [0.4, 0.5) is 0 Å².